The summed E-state index contributed by atoms with van der Waals surface area (Å²) < 4.78 is 0. The average Bonchev–Trinajstić information content (AvgIpc) is 2.36. The molecule has 0 radical (unpaired) electrons. The lowest BCUT2D eigenvalue weighted by molar-refractivity contribution is 0.0698. The van der Waals surface area contributed by atoms with Gasteiger partial charge in [0.1, 0.15) is 5.82 Å². The molecule has 0 aliphatic heterocycles. The minimum absolute atomic E-state index is 0.114. The summed E-state index contributed by atoms with van der Waals surface area (Å²) in [6.07, 6.45) is 2.50. The summed E-state index contributed by atoms with van der Waals surface area (Å²) in [5.41, 5.74) is 5.91. The number of nitrogens with two attached hydrogens (primary N) is 1. The van der Waals surface area contributed by atoms with Crippen LogP contribution in [-0.2, 0) is 0 Å². The summed E-state index contributed by atoms with van der Waals surface area (Å²) in [7, 11) is 0. The summed E-state index contributed by atoms with van der Waals surface area (Å²) in [5.74, 6) is 0.192. The fourth-order valence-corrected chi connectivity index (χ4v) is 1.70. The van der Waals surface area contributed by atoms with Crippen LogP contribution in [0.4, 0.5) is 11.5 Å². The molecule has 1 atom stereocenters. The minimum Gasteiger partial charge on any atom is -0.478 e. The molecule has 5 nitrogen and oxygen atoms in total. The van der Waals surface area contributed by atoms with Crippen molar-refractivity contribution in [3.8, 4) is 0 Å². The van der Waals surface area contributed by atoms with Gasteiger partial charge >= 0.3 is 5.97 Å². The molecular weight excluding hydrogens is 230 g/mol. The Balaban J connectivity index is 2.99. The Hall–Kier alpha value is -1.78. The topological polar surface area (TPSA) is 79.5 Å². The first-order valence-corrected chi connectivity index (χ1v) is 6.23. The molecule has 3 N–H and O–H groups in total. The largest absolute Gasteiger partial charge is 0.478 e. The Morgan fingerprint density at radius 1 is 1.56 bits per heavy atom. The maximum Gasteiger partial charge on any atom is 0.337 e. The van der Waals surface area contributed by atoms with Crippen molar-refractivity contribution in [2.75, 3.05) is 23.7 Å². The van der Waals surface area contributed by atoms with Crippen LogP contribution in [0.15, 0.2) is 12.3 Å². The lowest BCUT2D eigenvalue weighted by Gasteiger charge is -2.25. The number of carboxylic acid groups (broad SMARTS) is 1. The number of carbonyl (C=O) groups is 1. The standard InChI is InChI=1S/C13H21N3O2/c1-4-9(3)8-16(5-2)12-6-10(13(17)18)11(14)7-15-12/h6-7,9H,4-5,8,14H2,1-3H3,(H,17,18). The second-order valence-electron chi connectivity index (χ2n) is 4.49. The van der Waals surface area contributed by atoms with Crippen molar-refractivity contribution in [2.45, 2.75) is 27.2 Å². The first kappa shape index (κ1) is 14.3. The highest BCUT2D eigenvalue weighted by Crippen LogP contribution is 2.19. The van der Waals surface area contributed by atoms with Crippen molar-refractivity contribution in [1.29, 1.82) is 0 Å². The molecule has 18 heavy (non-hydrogen) atoms. The van der Waals surface area contributed by atoms with Crippen LogP contribution < -0.4 is 10.6 Å². The second kappa shape index (κ2) is 6.23. The van der Waals surface area contributed by atoms with Gasteiger partial charge in [-0.1, -0.05) is 20.3 Å². The smallest absolute Gasteiger partial charge is 0.337 e. The van der Waals surface area contributed by atoms with E-state index >= 15 is 0 Å². The Kier molecular flexibility index (Phi) is 4.95. The predicted octanol–water partition coefficient (Wildman–Crippen LogP) is 2.23. The molecule has 0 saturated heterocycles. The van der Waals surface area contributed by atoms with Crippen molar-refractivity contribution in [1.82, 2.24) is 4.98 Å². The van der Waals surface area contributed by atoms with Crippen LogP contribution in [0.5, 0.6) is 0 Å². The number of hydrogen-bond acceptors (Lipinski definition) is 4. The molecule has 1 aromatic heterocycles. The van der Waals surface area contributed by atoms with E-state index in [1.807, 2.05) is 6.92 Å². The van der Waals surface area contributed by atoms with Crippen LogP contribution in [-0.4, -0.2) is 29.1 Å². The number of nitrogens with zero attached hydrogens (tertiary/aromatic N) is 2. The van der Waals surface area contributed by atoms with Crippen molar-refractivity contribution in [2.24, 2.45) is 5.92 Å². The van der Waals surface area contributed by atoms with E-state index in [1.54, 1.807) is 6.07 Å². The number of aromatic nitrogens is 1. The van der Waals surface area contributed by atoms with Crippen molar-refractivity contribution in [3.63, 3.8) is 0 Å². The molecule has 0 aromatic carbocycles. The van der Waals surface area contributed by atoms with Gasteiger partial charge in [-0.25, -0.2) is 9.78 Å². The van der Waals surface area contributed by atoms with Gasteiger partial charge in [0.25, 0.3) is 0 Å². The van der Waals surface area contributed by atoms with Crippen molar-refractivity contribution >= 4 is 17.5 Å². The van der Waals surface area contributed by atoms with E-state index in [0.29, 0.717) is 11.7 Å². The van der Waals surface area contributed by atoms with Gasteiger partial charge in [0.15, 0.2) is 0 Å². The van der Waals surface area contributed by atoms with Gasteiger partial charge in [0.2, 0.25) is 0 Å². The van der Waals surface area contributed by atoms with Gasteiger partial charge in [-0.05, 0) is 18.9 Å². The molecular formula is C13H21N3O2. The molecule has 1 heterocycles. The predicted molar refractivity (Wildman–Crippen MR) is 73.0 cm³/mol. The van der Waals surface area contributed by atoms with E-state index in [9.17, 15) is 4.79 Å². The molecule has 0 amide bonds. The summed E-state index contributed by atoms with van der Waals surface area (Å²) in [5, 5.41) is 9.05. The van der Waals surface area contributed by atoms with Crippen LogP contribution in [0.25, 0.3) is 0 Å². The lowest BCUT2D eigenvalue weighted by Crippen LogP contribution is -2.29. The zero-order valence-corrected chi connectivity index (χ0v) is 11.2. The van der Waals surface area contributed by atoms with E-state index in [1.165, 1.54) is 6.20 Å². The number of pyridine rings is 1. The highest BCUT2D eigenvalue weighted by Gasteiger charge is 2.14. The zero-order valence-electron chi connectivity index (χ0n) is 11.2. The SMILES string of the molecule is CCC(C)CN(CC)c1cc(C(=O)O)c(N)cn1. The van der Waals surface area contributed by atoms with Crippen LogP contribution in [0.1, 0.15) is 37.6 Å². The average molecular weight is 251 g/mol. The zero-order chi connectivity index (χ0) is 13.7. The lowest BCUT2D eigenvalue weighted by atomic mass is 10.1. The number of nitrogen functional groups attached to an aromatic ring is 1. The second-order valence-corrected chi connectivity index (χ2v) is 4.49. The van der Waals surface area contributed by atoms with E-state index in [-0.39, 0.29) is 11.3 Å². The molecule has 0 fully saturated rings. The molecule has 1 aromatic rings. The minimum atomic E-state index is -1.02. The third kappa shape index (κ3) is 3.35. The van der Waals surface area contributed by atoms with Gasteiger partial charge in [-0.2, -0.15) is 0 Å². The van der Waals surface area contributed by atoms with Gasteiger partial charge < -0.3 is 15.7 Å². The third-order valence-corrected chi connectivity index (χ3v) is 3.09. The maximum atomic E-state index is 11.0. The Morgan fingerprint density at radius 2 is 2.22 bits per heavy atom. The molecule has 0 bridgehead atoms. The van der Waals surface area contributed by atoms with Crippen molar-refractivity contribution in [3.05, 3.63) is 17.8 Å². The molecule has 100 valence electrons. The van der Waals surface area contributed by atoms with E-state index in [4.69, 9.17) is 10.8 Å². The summed E-state index contributed by atoms with van der Waals surface area (Å²) in [4.78, 5) is 17.3. The number of hydrogen-bond donors (Lipinski definition) is 2. The number of rotatable bonds is 6. The summed E-state index contributed by atoms with van der Waals surface area (Å²) >= 11 is 0. The molecule has 0 aliphatic rings. The Morgan fingerprint density at radius 3 is 2.72 bits per heavy atom. The van der Waals surface area contributed by atoms with Crippen molar-refractivity contribution < 1.29 is 9.90 Å². The van der Waals surface area contributed by atoms with Crippen LogP contribution in [0, 0.1) is 5.92 Å². The van der Waals surface area contributed by atoms with Crippen LogP contribution >= 0.6 is 0 Å². The van der Waals surface area contributed by atoms with E-state index < -0.39 is 5.97 Å². The highest BCUT2D eigenvalue weighted by molar-refractivity contribution is 5.94. The molecule has 1 unspecified atom stereocenters. The summed E-state index contributed by atoms with van der Waals surface area (Å²) in [6, 6.07) is 1.55. The quantitative estimate of drug-likeness (QED) is 0.810. The van der Waals surface area contributed by atoms with Crippen LogP contribution in [0.3, 0.4) is 0 Å². The summed E-state index contributed by atoms with van der Waals surface area (Å²) in [6.45, 7) is 7.99. The van der Waals surface area contributed by atoms with Gasteiger partial charge in [0.05, 0.1) is 17.4 Å². The fourth-order valence-electron chi connectivity index (χ4n) is 1.70. The molecule has 5 heteroatoms. The highest BCUT2D eigenvalue weighted by atomic mass is 16.4. The third-order valence-electron chi connectivity index (χ3n) is 3.09. The molecule has 1 rings (SSSR count). The maximum absolute atomic E-state index is 11.0. The van der Waals surface area contributed by atoms with E-state index in [0.717, 1.165) is 19.5 Å². The molecule has 0 saturated carbocycles. The first-order valence-electron chi connectivity index (χ1n) is 6.23. The molecule has 0 aliphatic carbocycles. The van der Waals surface area contributed by atoms with E-state index in [2.05, 4.69) is 23.7 Å². The van der Waals surface area contributed by atoms with Gasteiger partial charge in [0, 0.05) is 13.1 Å². The Bertz CT molecular complexity index is 421. The molecule has 0 spiro atoms. The monoisotopic (exact) mass is 251 g/mol. The number of aromatic carboxylic acids is 1. The number of anilines is 2. The normalized spacial score (nSPS) is 12.2. The number of carboxylic acids is 1. The first-order chi connectivity index (χ1) is 8.49. The van der Waals surface area contributed by atoms with Crippen LogP contribution in [0.2, 0.25) is 0 Å². The van der Waals surface area contributed by atoms with Gasteiger partial charge in [-0.3, -0.25) is 0 Å². The van der Waals surface area contributed by atoms with Gasteiger partial charge in [-0.15, -0.1) is 0 Å². The Labute approximate surface area is 108 Å². The fraction of sp³-hybridized carbons (Fsp3) is 0.538.